The summed E-state index contributed by atoms with van der Waals surface area (Å²) in [5.41, 5.74) is 3.12. The van der Waals surface area contributed by atoms with Gasteiger partial charge in [0.25, 0.3) is 5.91 Å². The minimum absolute atomic E-state index is 0.0731. The Hall–Kier alpha value is -2.93. The number of aryl methyl sites for hydroxylation is 1. The van der Waals surface area contributed by atoms with Gasteiger partial charge in [0.15, 0.2) is 5.13 Å². The van der Waals surface area contributed by atoms with Crippen molar-refractivity contribution in [3.05, 3.63) is 87.4 Å². The van der Waals surface area contributed by atoms with Crippen molar-refractivity contribution in [2.45, 2.75) is 25.2 Å². The van der Waals surface area contributed by atoms with Crippen molar-refractivity contribution in [3.63, 3.8) is 0 Å². The average molecular weight is 496 g/mol. The number of aromatic nitrogens is 1. The van der Waals surface area contributed by atoms with Crippen molar-refractivity contribution >= 4 is 67.4 Å². The number of amides is 2. The fourth-order valence-corrected chi connectivity index (χ4v) is 5.15. The number of para-hydroxylation sites is 1. The maximum Gasteiger partial charge on any atom is 0.255 e. The topological polar surface area (TPSA) is 71.1 Å². The number of carbonyl (C=O) groups excluding carboxylic acids is 2. The third kappa shape index (κ3) is 4.22. The third-order valence-corrected chi connectivity index (χ3v) is 7.41. The van der Waals surface area contributed by atoms with Crippen molar-refractivity contribution in [1.82, 2.24) is 4.98 Å². The van der Waals surface area contributed by atoms with Crippen LogP contribution < -0.4 is 10.6 Å². The van der Waals surface area contributed by atoms with Crippen LogP contribution in [0.1, 0.15) is 34.3 Å². The predicted octanol–water partition coefficient (Wildman–Crippen LogP) is 6.83. The lowest BCUT2D eigenvalue weighted by atomic mass is 9.95. The fourth-order valence-electron chi connectivity index (χ4n) is 3.85. The molecule has 2 amide bonds. The lowest BCUT2D eigenvalue weighted by Gasteiger charge is -2.14. The molecule has 0 unspecified atom stereocenters. The molecule has 0 spiro atoms. The molecular weight excluding hydrogens is 477 g/mol. The predicted molar refractivity (Wildman–Crippen MR) is 135 cm³/mol. The van der Waals surface area contributed by atoms with Crippen molar-refractivity contribution in [3.8, 4) is 0 Å². The van der Waals surface area contributed by atoms with Crippen LogP contribution in [0.15, 0.2) is 60.7 Å². The molecule has 4 aromatic rings. The first kappa shape index (κ1) is 21.9. The van der Waals surface area contributed by atoms with Gasteiger partial charge in [-0.05, 0) is 67.3 Å². The Morgan fingerprint density at radius 2 is 1.76 bits per heavy atom. The molecule has 0 atom stereocenters. The number of hydrogen-bond donors (Lipinski definition) is 2. The van der Waals surface area contributed by atoms with Crippen LogP contribution in [0.4, 0.5) is 10.8 Å². The van der Waals surface area contributed by atoms with Gasteiger partial charge in [-0.2, -0.15) is 0 Å². The fraction of sp³-hybridized carbons (Fsp3) is 0.160. The van der Waals surface area contributed by atoms with Gasteiger partial charge in [0.1, 0.15) is 0 Å². The van der Waals surface area contributed by atoms with Gasteiger partial charge in [0.2, 0.25) is 5.91 Å². The highest BCUT2D eigenvalue weighted by Gasteiger charge is 2.51. The number of thiazole rings is 1. The zero-order valence-corrected chi connectivity index (χ0v) is 19.9. The first-order valence-corrected chi connectivity index (χ1v) is 12.0. The smallest absolute Gasteiger partial charge is 0.255 e. The lowest BCUT2D eigenvalue weighted by molar-refractivity contribution is -0.118. The number of halogens is 2. The van der Waals surface area contributed by atoms with E-state index in [1.54, 1.807) is 36.4 Å². The van der Waals surface area contributed by atoms with Gasteiger partial charge in [0.05, 0.1) is 26.3 Å². The van der Waals surface area contributed by atoms with Crippen LogP contribution in [0, 0.1) is 6.92 Å². The second-order valence-electron chi connectivity index (χ2n) is 8.13. The molecule has 1 aliphatic rings. The molecule has 0 aliphatic heterocycles. The highest BCUT2D eigenvalue weighted by Crippen LogP contribution is 2.49. The summed E-state index contributed by atoms with van der Waals surface area (Å²) < 4.78 is 0.810. The monoisotopic (exact) mass is 495 g/mol. The summed E-state index contributed by atoms with van der Waals surface area (Å²) in [6.45, 7) is 1.89. The highest BCUT2D eigenvalue weighted by atomic mass is 35.5. The number of nitrogens with zero attached hydrogens (tertiary/aromatic N) is 1. The Bertz CT molecular complexity index is 1370. The molecule has 1 saturated carbocycles. The number of nitrogens with one attached hydrogen (secondary N) is 2. The Morgan fingerprint density at radius 3 is 2.45 bits per heavy atom. The maximum atomic E-state index is 13.0. The number of benzene rings is 3. The normalized spacial score (nSPS) is 14.2. The third-order valence-electron chi connectivity index (χ3n) is 5.91. The standard InChI is InChI=1S/C25H19Cl2N3O2S/c1-14-3-2-4-18(27)21(14)29-22(31)15-5-10-19-20(13-15)33-24(28-19)30-23(32)25(11-12-25)16-6-8-17(26)9-7-16/h2-10,13H,11-12H2,1H3,(H,29,31)(H,28,30,32). The van der Waals surface area contributed by atoms with E-state index >= 15 is 0 Å². The molecule has 5 rings (SSSR count). The second kappa shape index (κ2) is 8.45. The van der Waals surface area contributed by atoms with Crippen molar-refractivity contribution in [2.24, 2.45) is 0 Å². The summed E-state index contributed by atoms with van der Waals surface area (Å²) in [5, 5.41) is 7.49. The summed E-state index contributed by atoms with van der Waals surface area (Å²) in [6, 6.07) is 18.1. The van der Waals surface area contributed by atoms with E-state index < -0.39 is 5.41 Å². The first-order chi connectivity index (χ1) is 15.9. The largest absolute Gasteiger partial charge is 0.320 e. The molecule has 1 aromatic heterocycles. The van der Waals surface area contributed by atoms with E-state index in [9.17, 15) is 9.59 Å². The molecule has 0 saturated heterocycles. The molecule has 1 heterocycles. The summed E-state index contributed by atoms with van der Waals surface area (Å²) in [6.07, 6.45) is 1.58. The van der Waals surface area contributed by atoms with Crippen molar-refractivity contribution in [1.29, 1.82) is 0 Å². The van der Waals surface area contributed by atoms with Gasteiger partial charge < -0.3 is 10.6 Å². The first-order valence-electron chi connectivity index (χ1n) is 10.4. The minimum Gasteiger partial charge on any atom is -0.320 e. The Balaban J connectivity index is 1.35. The number of rotatable bonds is 5. The second-order valence-corrected chi connectivity index (χ2v) is 10.0. The summed E-state index contributed by atoms with van der Waals surface area (Å²) in [4.78, 5) is 30.4. The highest BCUT2D eigenvalue weighted by molar-refractivity contribution is 7.22. The van der Waals surface area contributed by atoms with Crippen LogP contribution >= 0.6 is 34.5 Å². The van der Waals surface area contributed by atoms with Crippen LogP contribution in [-0.4, -0.2) is 16.8 Å². The van der Waals surface area contributed by atoms with Crippen molar-refractivity contribution < 1.29 is 9.59 Å². The van der Waals surface area contributed by atoms with Crippen LogP contribution in [0.3, 0.4) is 0 Å². The number of carbonyl (C=O) groups is 2. The molecule has 0 radical (unpaired) electrons. The molecule has 1 aliphatic carbocycles. The van der Waals surface area contributed by atoms with Gasteiger partial charge in [-0.25, -0.2) is 4.98 Å². The van der Waals surface area contributed by atoms with Gasteiger partial charge in [-0.1, -0.05) is 58.8 Å². The summed E-state index contributed by atoms with van der Waals surface area (Å²) >= 11 is 13.6. The molecule has 33 heavy (non-hydrogen) atoms. The lowest BCUT2D eigenvalue weighted by Crippen LogP contribution is -2.27. The molecule has 3 aromatic carbocycles. The van der Waals surface area contributed by atoms with Gasteiger partial charge in [-0.15, -0.1) is 0 Å². The molecule has 166 valence electrons. The zero-order chi connectivity index (χ0) is 23.2. The SMILES string of the molecule is Cc1cccc(Cl)c1NC(=O)c1ccc2nc(NC(=O)C3(c4ccc(Cl)cc4)CC3)sc2c1. The van der Waals surface area contributed by atoms with E-state index in [0.717, 1.165) is 34.2 Å². The van der Waals surface area contributed by atoms with Crippen LogP contribution in [0.5, 0.6) is 0 Å². The maximum absolute atomic E-state index is 13.0. The molecular formula is C25H19Cl2N3O2S. The zero-order valence-electron chi connectivity index (χ0n) is 17.6. The summed E-state index contributed by atoms with van der Waals surface area (Å²) in [5.74, 6) is -0.331. The Morgan fingerprint density at radius 1 is 1.00 bits per heavy atom. The van der Waals surface area contributed by atoms with Gasteiger partial charge in [-0.3, -0.25) is 9.59 Å². The van der Waals surface area contributed by atoms with Crippen molar-refractivity contribution in [2.75, 3.05) is 10.6 Å². The molecule has 1 fully saturated rings. The Kier molecular flexibility index (Phi) is 5.60. The van der Waals surface area contributed by atoms with Gasteiger partial charge in [0, 0.05) is 10.6 Å². The minimum atomic E-state index is -0.527. The van der Waals surface area contributed by atoms with E-state index in [1.807, 2.05) is 31.2 Å². The van der Waals surface area contributed by atoms with Crippen LogP contribution in [0.25, 0.3) is 10.2 Å². The average Bonchev–Trinajstić information content (AvgIpc) is 3.51. The molecule has 2 N–H and O–H groups in total. The number of fused-ring (bicyclic) bond motifs is 1. The Labute approximate surface area is 204 Å². The molecule has 5 nitrogen and oxygen atoms in total. The quantitative estimate of drug-likeness (QED) is 0.318. The van der Waals surface area contributed by atoms with Crippen LogP contribution in [0.2, 0.25) is 10.0 Å². The van der Waals surface area contributed by atoms with Gasteiger partial charge >= 0.3 is 0 Å². The van der Waals surface area contributed by atoms with E-state index in [2.05, 4.69) is 15.6 Å². The van der Waals surface area contributed by atoms with E-state index in [-0.39, 0.29) is 11.8 Å². The number of anilines is 2. The molecule has 8 heteroatoms. The molecule has 0 bridgehead atoms. The van der Waals surface area contributed by atoms with E-state index in [1.165, 1.54) is 11.3 Å². The van der Waals surface area contributed by atoms with Crippen LogP contribution in [-0.2, 0) is 10.2 Å². The summed E-state index contributed by atoms with van der Waals surface area (Å²) in [7, 11) is 0. The van der Waals surface area contributed by atoms with E-state index in [0.29, 0.717) is 26.4 Å². The number of hydrogen-bond acceptors (Lipinski definition) is 4. The van der Waals surface area contributed by atoms with E-state index in [4.69, 9.17) is 23.2 Å².